The Morgan fingerprint density at radius 3 is 1.32 bits per heavy atom. The van der Waals surface area contributed by atoms with E-state index in [0.717, 1.165) is 83.9 Å². The van der Waals surface area contributed by atoms with Crippen LogP contribution in [0.25, 0.3) is 0 Å². The van der Waals surface area contributed by atoms with Crippen molar-refractivity contribution in [3.63, 3.8) is 0 Å². The average molecular weight is 887 g/mol. The molecule has 3 aliphatic rings. The van der Waals surface area contributed by atoms with Crippen molar-refractivity contribution in [2.75, 3.05) is 0 Å². The van der Waals surface area contributed by atoms with Crippen LogP contribution < -0.4 is 9.47 Å². The molecule has 3 heterocycles. The third-order valence-electron chi connectivity index (χ3n) is 10.5. The van der Waals surface area contributed by atoms with Crippen molar-refractivity contribution in [3.05, 3.63) is 91.4 Å². The number of unbranched alkanes of at least 4 members (excludes halogenated alkanes) is 2. The summed E-state index contributed by atoms with van der Waals surface area (Å²) in [4.78, 5) is 84.8. The maximum Gasteiger partial charge on any atom is 0.314 e. The molecule has 316 valence electrons. The van der Waals surface area contributed by atoms with Crippen molar-refractivity contribution in [3.8, 4) is 11.5 Å². The molecule has 1 saturated heterocycles. The molecule has 0 bridgehead atoms. The van der Waals surface area contributed by atoms with Crippen molar-refractivity contribution in [2.45, 2.75) is 126 Å². The van der Waals surface area contributed by atoms with Crippen LogP contribution in [0.2, 0.25) is 0 Å². The van der Waals surface area contributed by atoms with Gasteiger partial charge in [-0.3, -0.25) is 28.8 Å². The number of carbonyl (C=O) groups excluding carboxylic acids is 6. The summed E-state index contributed by atoms with van der Waals surface area (Å²) in [5.41, 5.74) is 1.64. The minimum atomic E-state index is -0.482. The van der Waals surface area contributed by atoms with Gasteiger partial charge in [-0.05, 0) is 50.7 Å². The van der Waals surface area contributed by atoms with Crippen LogP contribution in [0.1, 0.15) is 104 Å². The molecule has 1 fully saturated rings. The fourth-order valence-electron chi connectivity index (χ4n) is 7.14. The summed E-state index contributed by atoms with van der Waals surface area (Å²) in [5, 5.41) is 2.93. The minimum Gasteiger partial charge on any atom is -0.424 e. The van der Waals surface area contributed by atoms with Gasteiger partial charge in [0.25, 0.3) is 11.8 Å². The van der Waals surface area contributed by atoms with Crippen LogP contribution >= 0.6 is 47.0 Å². The monoisotopic (exact) mass is 886 g/mol. The maximum absolute atomic E-state index is 14.6. The van der Waals surface area contributed by atoms with E-state index >= 15 is 0 Å². The highest BCUT2D eigenvalue weighted by Gasteiger charge is 2.47. The van der Waals surface area contributed by atoms with Gasteiger partial charge in [0.1, 0.15) is 5.57 Å². The summed E-state index contributed by atoms with van der Waals surface area (Å²) in [5.74, 6) is -3.09. The lowest BCUT2D eigenvalue weighted by atomic mass is 10.00. The molecule has 6 rings (SSSR count). The number of benzene rings is 3. The summed E-state index contributed by atoms with van der Waals surface area (Å²) in [6, 6.07) is 18.9. The first-order valence-electron chi connectivity index (χ1n) is 20.5. The van der Waals surface area contributed by atoms with Gasteiger partial charge in [0.15, 0.2) is 23.1 Å². The van der Waals surface area contributed by atoms with Gasteiger partial charge in [-0.15, -0.1) is 0 Å². The molecule has 2 atom stereocenters. The fourth-order valence-corrected chi connectivity index (χ4v) is 12.9. The molecule has 3 aromatic carbocycles. The highest BCUT2D eigenvalue weighted by molar-refractivity contribution is 8.26. The first-order valence-corrected chi connectivity index (χ1v) is 23.8. The lowest BCUT2D eigenvalue weighted by Gasteiger charge is -2.27. The molecule has 2 amide bonds. The molecular formula is C46H50N2O8S4. The zero-order valence-electron chi connectivity index (χ0n) is 34.8. The summed E-state index contributed by atoms with van der Waals surface area (Å²) in [6.07, 6.45) is 5.82. The second kappa shape index (κ2) is 20.5. The summed E-state index contributed by atoms with van der Waals surface area (Å²) >= 11 is 4.50. The Bertz CT molecular complexity index is 2090. The van der Waals surface area contributed by atoms with E-state index < -0.39 is 47.2 Å². The van der Waals surface area contributed by atoms with E-state index in [1.807, 2.05) is 74.5 Å². The molecule has 0 N–H and O–H groups in total. The number of nitrogens with zero attached hydrogens (tertiary/aromatic N) is 2. The zero-order valence-corrected chi connectivity index (χ0v) is 38.1. The van der Waals surface area contributed by atoms with Crippen molar-refractivity contribution in [1.29, 1.82) is 0 Å². The molecule has 0 radical (unpaired) electrons. The molecule has 0 spiro atoms. The lowest BCUT2D eigenvalue weighted by molar-refractivity contribution is -0.149. The number of esters is 2. The standard InChI is InChI=1S/C46H50N2O8S4/c1-7-11-23-31(9-3)43(53)55-35-37-38(58-45(57-37)33(27(5)49)28(6)50)36(56-44(54)32(10-4)24-12-8-2)40-39(35)59-46(60-40)34-41(51)47(25-29-19-15-13-16-20-29)48(42(34)52)26-30-21-17-14-18-22-30/h13-22,31-32H,7-12,23-26H2,1-6H3. The van der Waals surface area contributed by atoms with Crippen LogP contribution in [0, 0.1) is 11.8 Å². The topological polar surface area (TPSA) is 127 Å². The van der Waals surface area contributed by atoms with Crippen molar-refractivity contribution < 1.29 is 38.2 Å². The average Bonchev–Trinajstić information content (AvgIpc) is 3.92. The number of hydrazine groups is 1. The Balaban J connectivity index is 1.53. The summed E-state index contributed by atoms with van der Waals surface area (Å²) < 4.78 is 13.5. The summed E-state index contributed by atoms with van der Waals surface area (Å²) in [6.45, 7) is 11.0. The van der Waals surface area contributed by atoms with Gasteiger partial charge in [-0.2, -0.15) is 0 Å². The largest absolute Gasteiger partial charge is 0.424 e. The first-order chi connectivity index (χ1) is 28.9. The number of ketones is 2. The molecule has 14 heteroatoms. The van der Waals surface area contributed by atoms with E-state index in [9.17, 15) is 28.8 Å². The van der Waals surface area contributed by atoms with Gasteiger partial charge in [-0.25, -0.2) is 10.0 Å². The van der Waals surface area contributed by atoms with Crippen molar-refractivity contribution >= 4 is 82.4 Å². The van der Waals surface area contributed by atoms with Gasteiger partial charge < -0.3 is 9.47 Å². The molecule has 3 aliphatic heterocycles. The van der Waals surface area contributed by atoms with E-state index in [2.05, 4.69) is 13.8 Å². The Morgan fingerprint density at radius 1 is 0.583 bits per heavy atom. The molecule has 0 aromatic heterocycles. The van der Waals surface area contributed by atoms with Gasteiger partial charge in [-0.1, -0.05) is 161 Å². The number of Topliss-reactive ketones (excluding diaryl/α,β-unsaturated/α-hetero) is 2. The van der Waals surface area contributed by atoms with Crippen LogP contribution in [0.4, 0.5) is 0 Å². The number of fused-ring (bicyclic) bond motifs is 2. The Morgan fingerprint density at radius 2 is 0.967 bits per heavy atom. The number of hydrogen-bond acceptors (Lipinski definition) is 12. The van der Waals surface area contributed by atoms with Gasteiger partial charge in [0, 0.05) is 0 Å². The van der Waals surface area contributed by atoms with Gasteiger partial charge >= 0.3 is 11.9 Å². The Hall–Kier alpha value is -4.24. The number of thioether (sulfide) groups is 4. The van der Waals surface area contributed by atoms with Crippen LogP contribution in [-0.4, -0.2) is 45.3 Å². The van der Waals surface area contributed by atoms with Crippen molar-refractivity contribution in [2.24, 2.45) is 11.8 Å². The highest BCUT2D eigenvalue weighted by atomic mass is 32.2. The number of amides is 2. The van der Waals surface area contributed by atoms with Crippen LogP contribution in [0.3, 0.4) is 0 Å². The quantitative estimate of drug-likeness (QED) is 0.0397. The van der Waals surface area contributed by atoms with E-state index in [1.165, 1.54) is 23.9 Å². The maximum atomic E-state index is 14.6. The number of allylic oxidation sites excluding steroid dienone is 1. The van der Waals surface area contributed by atoms with E-state index in [0.29, 0.717) is 53.7 Å². The number of ether oxygens (including phenoxy) is 2. The van der Waals surface area contributed by atoms with Crippen LogP contribution in [0.15, 0.2) is 99.9 Å². The lowest BCUT2D eigenvalue weighted by Crippen LogP contribution is -2.39. The van der Waals surface area contributed by atoms with E-state index in [4.69, 9.17) is 9.47 Å². The normalized spacial score (nSPS) is 15.6. The Labute approximate surface area is 369 Å². The SMILES string of the molecule is CCCCC(CC)C(=O)Oc1c2c(c(OC(=O)C(CC)CCCC)c3c1SC(=C1C(=O)N(Cc4ccccc4)N(Cc4ccccc4)C1=O)S3)SC(=C(C(C)=O)C(C)=O)S2. The van der Waals surface area contributed by atoms with Crippen LogP contribution in [-0.2, 0) is 41.9 Å². The van der Waals surface area contributed by atoms with Crippen molar-refractivity contribution in [1.82, 2.24) is 10.0 Å². The first kappa shape index (κ1) is 45.3. The molecule has 2 unspecified atom stereocenters. The molecular weight excluding hydrogens is 837 g/mol. The predicted octanol–water partition coefficient (Wildman–Crippen LogP) is 10.9. The van der Waals surface area contributed by atoms with Crippen LogP contribution in [0.5, 0.6) is 11.5 Å². The predicted molar refractivity (Wildman–Crippen MR) is 237 cm³/mol. The molecule has 10 nitrogen and oxygen atoms in total. The summed E-state index contributed by atoms with van der Waals surface area (Å²) in [7, 11) is 0. The Kier molecular flexibility index (Phi) is 15.5. The molecule has 0 saturated carbocycles. The second-order valence-electron chi connectivity index (χ2n) is 14.9. The third-order valence-corrected chi connectivity index (χ3v) is 15.7. The fraction of sp³-hybridized carbons (Fsp3) is 0.391. The smallest absolute Gasteiger partial charge is 0.314 e. The molecule has 3 aromatic rings. The molecule has 0 aliphatic carbocycles. The highest BCUT2D eigenvalue weighted by Crippen LogP contribution is 2.69. The minimum absolute atomic E-state index is 0.00181. The second-order valence-corrected chi connectivity index (χ2v) is 19.5. The van der Waals surface area contributed by atoms with E-state index in [-0.39, 0.29) is 35.7 Å². The number of rotatable bonds is 18. The number of hydrogen-bond donors (Lipinski definition) is 0. The zero-order chi connectivity index (χ0) is 43.1. The molecule has 60 heavy (non-hydrogen) atoms. The number of carbonyl (C=O) groups is 6. The van der Waals surface area contributed by atoms with E-state index in [1.54, 1.807) is 0 Å². The van der Waals surface area contributed by atoms with Gasteiger partial charge in [0.2, 0.25) is 0 Å². The third kappa shape index (κ3) is 9.77. The van der Waals surface area contributed by atoms with Gasteiger partial charge in [0.05, 0.1) is 58.6 Å².